The van der Waals surface area contributed by atoms with Crippen LogP contribution in [0.15, 0.2) is 89.5 Å². The van der Waals surface area contributed by atoms with E-state index in [9.17, 15) is 0 Å². The van der Waals surface area contributed by atoms with Gasteiger partial charge in [-0.1, -0.05) is 54.6 Å². The zero-order valence-corrected chi connectivity index (χ0v) is 14.4. The van der Waals surface area contributed by atoms with Crippen molar-refractivity contribution in [2.75, 3.05) is 0 Å². The largest absolute Gasteiger partial charge is 0.455 e. The van der Waals surface area contributed by atoms with Crippen LogP contribution in [0.2, 0.25) is 0 Å². The molecule has 2 heteroatoms. The van der Waals surface area contributed by atoms with Crippen LogP contribution in [-0.2, 0) is 0 Å². The van der Waals surface area contributed by atoms with Gasteiger partial charge in [-0.2, -0.15) is 0 Å². The van der Waals surface area contributed by atoms with Crippen molar-refractivity contribution in [3.05, 3.63) is 90.6 Å². The molecule has 3 aromatic carbocycles. The third-order valence-corrected chi connectivity index (χ3v) is 4.80. The normalized spacial score (nSPS) is 11.3. The Balaban J connectivity index is 1.85. The van der Waals surface area contributed by atoms with Gasteiger partial charge in [0.25, 0.3) is 0 Å². The summed E-state index contributed by atoms with van der Waals surface area (Å²) in [5.41, 5.74) is 7.34. The van der Waals surface area contributed by atoms with E-state index in [2.05, 4.69) is 72.6 Å². The first-order valence-electron chi connectivity index (χ1n) is 8.74. The highest BCUT2D eigenvalue weighted by Crippen LogP contribution is 2.39. The van der Waals surface area contributed by atoms with Crippen LogP contribution in [0.25, 0.3) is 44.3 Å². The van der Waals surface area contributed by atoms with Crippen LogP contribution in [0.3, 0.4) is 0 Å². The average molecular weight is 335 g/mol. The highest BCUT2D eigenvalue weighted by molar-refractivity contribution is 6.15. The molecule has 0 fully saturated rings. The number of aryl methyl sites for hydroxylation is 1. The van der Waals surface area contributed by atoms with Gasteiger partial charge in [0, 0.05) is 22.5 Å². The number of nitrogens with zero attached hydrogens (tertiary/aromatic N) is 1. The second kappa shape index (κ2) is 5.85. The van der Waals surface area contributed by atoms with Gasteiger partial charge in [0.15, 0.2) is 0 Å². The van der Waals surface area contributed by atoms with E-state index in [0.717, 1.165) is 33.2 Å². The van der Waals surface area contributed by atoms with Crippen LogP contribution in [0, 0.1) is 6.92 Å². The van der Waals surface area contributed by atoms with Crippen LogP contribution in [-0.4, -0.2) is 4.98 Å². The molecule has 5 aromatic rings. The van der Waals surface area contributed by atoms with Gasteiger partial charge in [0.1, 0.15) is 11.2 Å². The Kier molecular flexibility index (Phi) is 3.36. The van der Waals surface area contributed by atoms with Gasteiger partial charge in [0.05, 0.1) is 5.69 Å². The molecule has 0 N–H and O–H groups in total. The minimum atomic E-state index is 0.893. The maximum absolute atomic E-state index is 6.30. The van der Waals surface area contributed by atoms with E-state index in [-0.39, 0.29) is 0 Å². The molecule has 0 radical (unpaired) electrons. The van der Waals surface area contributed by atoms with Crippen molar-refractivity contribution < 1.29 is 4.42 Å². The summed E-state index contributed by atoms with van der Waals surface area (Å²) in [5, 5.41) is 2.28. The van der Waals surface area contributed by atoms with Gasteiger partial charge in [0.2, 0.25) is 0 Å². The smallest absolute Gasteiger partial charge is 0.144 e. The molecule has 5 rings (SSSR count). The Hall–Kier alpha value is -3.39. The maximum atomic E-state index is 6.30. The summed E-state index contributed by atoms with van der Waals surface area (Å²) in [6.07, 6.45) is 1.85. The van der Waals surface area contributed by atoms with E-state index >= 15 is 0 Å². The average Bonchev–Trinajstić information content (AvgIpc) is 3.07. The lowest BCUT2D eigenvalue weighted by Crippen LogP contribution is -1.85. The van der Waals surface area contributed by atoms with Gasteiger partial charge in [-0.3, -0.25) is 4.98 Å². The molecule has 0 aliphatic carbocycles. The van der Waals surface area contributed by atoms with Crippen LogP contribution in [0.5, 0.6) is 0 Å². The second-order valence-electron chi connectivity index (χ2n) is 6.55. The van der Waals surface area contributed by atoms with Crippen molar-refractivity contribution in [3.63, 3.8) is 0 Å². The summed E-state index contributed by atoms with van der Waals surface area (Å²) in [5.74, 6) is 0. The number of fused-ring (bicyclic) bond motifs is 3. The minimum Gasteiger partial charge on any atom is -0.455 e. The van der Waals surface area contributed by atoms with Gasteiger partial charge in [-0.05, 0) is 47.9 Å². The van der Waals surface area contributed by atoms with E-state index in [1.165, 1.54) is 16.7 Å². The number of pyridine rings is 1. The highest BCUT2D eigenvalue weighted by atomic mass is 16.3. The van der Waals surface area contributed by atoms with Crippen LogP contribution >= 0.6 is 0 Å². The summed E-state index contributed by atoms with van der Waals surface area (Å²) in [6, 6.07) is 27.1. The Morgan fingerprint density at radius 3 is 2.42 bits per heavy atom. The Morgan fingerprint density at radius 2 is 1.58 bits per heavy atom. The fraction of sp³-hybridized carbons (Fsp3) is 0.0417. The van der Waals surface area contributed by atoms with Crippen molar-refractivity contribution in [1.29, 1.82) is 0 Å². The molecule has 0 aliphatic heterocycles. The summed E-state index contributed by atoms with van der Waals surface area (Å²) < 4.78 is 6.30. The molecular weight excluding hydrogens is 318 g/mol. The third kappa shape index (κ3) is 2.31. The maximum Gasteiger partial charge on any atom is 0.144 e. The SMILES string of the molecule is Cc1ccnc(-c2cccc3c2oc2cccc(-c4ccccc4)c23)c1. The van der Waals surface area contributed by atoms with Crippen molar-refractivity contribution in [3.8, 4) is 22.4 Å². The summed E-state index contributed by atoms with van der Waals surface area (Å²) in [4.78, 5) is 4.55. The number of benzene rings is 3. The molecule has 0 aliphatic rings. The lowest BCUT2D eigenvalue weighted by atomic mass is 9.98. The van der Waals surface area contributed by atoms with Gasteiger partial charge >= 0.3 is 0 Å². The lowest BCUT2D eigenvalue weighted by molar-refractivity contribution is 0.670. The molecule has 0 spiro atoms. The molecule has 2 nitrogen and oxygen atoms in total. The Bertz CT molecular complexity index is 1240. The molecule has 0 unspecified atom stereocenters. The predicted molar refractivity (Wildman–Crippen MR) is 107 cm³/mol. The molecule has 0 saturated carbocycles. The summed E-state index contributed by atoms with van der Waals surface area (Å²) >= 11 is 0. The summed E-state index contributed by atoms with van der Waals surface area (Å²) in [7, 11) is 0. The van der Waals surface area contributed by atoms with E-state index in [4.69, 9.17) is 4.42 Å². The molecule has 26 heavy (non-hydrogen) atoms. The van der Waals surface area contributed by atoms with Crippen LogP contribution in [0.4, 0.5) is 0 Å². The minimum absolute atomic E-state index is 0.893. The standard InChI is InChI=1S/C24H17NO/c1-16-13-14-25-21(15-16)19-10-5-11-20-23-18(17-7-3-2-4-8-17)9-6-12-22(23)26-24(19)20/h2-15H,1H3. The zero-order chi connectivity index (χ0) is 17.5. The van der Waals surface area contributed by atoms with Crippen molar-refractivity contribution >= 4 is 21.9 Å². The summed E-state index contributed by atoms with van der Waals surface area (Å²) in [6.45, 7) is 2.08. The van der Waals surface area contributed by atoms with Crippen molar-refractivity contribution in [2.24, 2.45) is 0 Å². The molecule has 0 atom stereocenters. The molecule has 2 aromatic heterocycles. The van der Waals surface area contributed by atoms with E-state index in [0.29, 0.717) is 0 Å². The van der Waals surface area contributed by atoms with E-state index in [1.54, 1.807) is 0 Å². The number of hydrogen-bond donors (Lipinski definition) is 0. The molecule has 124 valence electrons. The highest BCUT2D eigenvalue weighted by Gasteiger charge is 2.16. The Morgan fingerprint density at radius 1 is 0.769 bits per heavy atom. The monoisotopic (exact) mass is 335 g/mol. The predicted octanol–water partition coefficient (Wildman–Crippen LogP) is 6.62. The van der Waals surface area contributed by atoms with Crippen molar-refractivity contribution in [2.45, 2.75) is 6.92 Å². The fourth-order valence-corrected chi connectivity index (χ4v) is 3.59. The number of furan rings is 1. The zero-order valence-electron chi connectivity index (χ0n) is 14.4. The topological polar surface area (TPSA) is 26.0 Å². The van der Waals surface area contributed by atoms with Crippen LogP contribution in [0.1, 0.15) is 5.56 Å². The van der Waals surface area contributed by atoms with Crippen molar-refractivity contribution in [1.82, 2.24) is 4.98 Å². The first-order valence-corrected chi connectivity index (χ1v) is 8.74. The van der Waals surface area contributed by atoms with Gasteiger partial charge in [-0.15, -0.1) is 0 Å². The number of rotatable bonds is 2. The Labute approximate surface area is 151 Å². The quantitative estimate of drug-likeness (QED) is 0.362. The van der Waals surface area contributed by atoms with Crippen LogP contribution < -0.4 is 0 Å². The molecule has 2 heterocycles. The third-order valence-electron chi connectivity index (χ3n) is 4.80. The first kappa shape index (κ1) is 14.9. The van der Waals surface area contributed by atoms with Gasteiger partial charge < -0.3 is 4.42 Å². The molecular formula is C24H17NO. The fourth-order valence-electron chi connectivity index (χ4n) is 3.59. The second-order valence-corrected chi connectivity index (χ2v) is 6.55. The van der Waals surface area contributed by atoms with Gasteiger partial charge in [-0.25, -0.2) is 0 Å². The number of hydrogen-bond acceptors (Lipinski definition) is 2. The van der Waals surface area contributed by atoms with E-state index in [1.807, 2.05) is 24.4 Å². The molecule has 0 bridgehead atoms. The van der Waals surface area contributed by atoms with E-state index < -0.39 is 0 Å². The number of para-hydroxylation sites is 1. The number of aromatic nitrogens is 1. The molecule has 0 saturated heterocycles. The first-order chi connectivity index (χ1) is 12.8. The lowest BCUT2D eigenvalue weighted by Gasteiger charge is -2.04. The molecule has 0 amide bonds.